The molecule has 2 aliphatic rings. The van der Waals surface area contributed by atoms with Gasteiger partial charge in [0.2, 0.25) is 6.79 Å². The quantitative estimate of drug-likeness (QED) is 0.461. The van der Waals surface area contributed by atoms with Crippen molar-refractivity contribution in [3.05, 3.63) is 52.6 Å². The molecule has 2 aromatic rings. The molecule has 1 N–H and O–H groups in total. The molecule has 0 bridgehead atoms. The Morgan fingerprint density at radius 1 is 1.17 bits per heavy atom. The number of anilines is 1. The van der Waals surface area contributed by atoms with Crippen LogP contribution in [0.4, 0.5) is 5.69 Å². The largest absolute Gasteiger partial charge is 0.493 e. The molecule has 1 saturated heterocycles. The SMILES string of the molecule is CCOc1cc2c(cc1/C=C1\C(=O)NC(=S)N(c3cc(C)ccc3C)C1=O)OCO2. The number of benzene rings is 2. The van der Waals surface area contributed by atoms with Crippen LogP contribution in [-0.4, -0.2) is 30.3 Å². The number of carbonyl (C=O) groups is 2. The van der Waals surface area contributed by atoms with Crippen LogP contribution in [0.2, 0.25) is 0 Å². The average molecular weight is 424 g/mol. The normalized spacial score (nSPS) is 16.8. The highest BCUT2D eigenvalue weighted by Crippen LogP contribution is 2.39. The molecule has 7 nitrogen and oxygen atoms in total. The molecule has 2 heterocycles. The van der Waals surface area contributed by atoms with Crippen LogP contribution in [0, 0.1) is 13.8 Å². The lowest BCUT2D eigenvalue weighted by molar-refractivity contribution is -0.122. The maximum absolute atomic E-state index is 13.3. The van der Waals surface area contributed by atoms with E-state index in [4.69, 9.17) is 26.4 Å². The number of hydrogen-bond donors (Lipinski definition) is 1. The topological polar surface area (TPSA) is 77.1 Å². The summed E-state index contributed by atoms with van der Waals surface area (Å²) in [6.07, 6.45) is 1.49. The molecule has 0 aliphatic carbocycles. The molecule has 4 rings (SSSR count). The van der Waals surface area contributed by atoms with Gasteiger partial charge in [0.25, 0.3) is 11.8 Å². The van der Waals surface area contributed by atoms with Crippen molar-refractivity contribution >= 4 is 40.9 Å². The average Bonchev–Trinajstić information content (AvgIpc) is 3.15. The van der Waals surface area contributed by atoms with Gasteiger partial charge in [0, 0.05) is 11.6 Å². The summed E-state index contributed by atoms with van der Waals surface area (Å²) in [5, 5.41) is 2.66. The number of ether oxygens (including phenoxy) is 3. The van der Waals surface area contributed by atoms with Crippen LogP contribution in [0.5, 0.6) is 17.2 Å². The van der Waals surface area contributed by atoms with Crippen molar-refractivity contribution in [3.63, 3.8) is 0 Å². The van der Waals surface area contributed by atoms with Crippen LogP contribution < -0.4 is 24.4 Å². The van der Waals surface area contributed by atoms with Gasteiger partial charge in [-0.15, -0.1) is 0 Å². The second-order valence-corrected chi connectivity index (χ2v) is 7.31. The van der Waals surface area contributed by atoms with E-state index in [0.29, 0.717) is 35.1 Å². The van der Waals surface area contributed by atoms with E-state index in [1.807, 2.05) is 39.0 Å². The van der Waals surface area contributed by atoms with Gasteiger partial charge in [0.1, 0.15) is 11.3 Å². The van der Waals surface area contributed by atoms with Gasteiger partial charge in [0.15, 0.2) is 16.6 Å². The fourth-order valence-electron chi connectivity index (χ4n) is 3.32. The molecule has 2 aliphatic heterocycles. The number of rotatable bonds is 4. The number of hydrogen-bond acceptors (Lipinski definition) is 6. The van der Waals surface area contributed by atoms with Gasteiger partial charge in [-0.1, -0.05) is 12.1 Å². The van der Waals surface area contributed by atoms with Crippen LogP contribution in [0.25, 0.3) is 6.08 Å². The van der Waals surface area contributed by atoms with E-state index in [-0.39, 0.29) is 17.5 Å². The Kier molecular flexibility index (Phi) is 5.17. The van der Waals surface area contributed by atoms with Crippen LogP contribution >= 0.6 is 12.2 Å². The van der Waals surface area contributed by atoms with E-state index in [1.165, 1.54) is 11.0 Å². The molecule has 0 atom stereocenters. The first-order valence-corrected chi connectivity index (χ1v) is 9.85. The molecule has 154 valence electrons. The van der Waals surface area contributed by atoms with Gasteiger partial charge >= 0.3 is 0 Å². The molecule has 0 radical (unpaired) electrons. The van der Waals surface area contributed by atoms with Gasteiger partial charge in [-0.2, -0.15) is 0 Å². The lowest BCUT2D eigenvalue weighted by atomic mass is 10.0. The highest BCUT2D eigenvalue weighted by atomic mass is 32.1. The first-order valence-electron chi connectivity index (χ1n) is 9.44. The van der Waals surface area contributed by atoms with Crippen molar-refractivity contribution in [3.8, 4) is 17.2 Å². The molecular weight excluding hydrogens is 404 g/mol. The number of aryl methyl sites for hydroxylation is 2. The fraction of sp³-hybridized carbons (Fsp3) is 0.227. The van der Waals surface area contributed by atoms with Gasteiger partial charge < -0.3 is 14.2 Å². The Bertz CT molecular complexity index is 1110. The minimum Gasteiger partial charge on any atom is -0.493 e. The van der Waals surface area contributed by atoms with E-state index >= 15 is 0 Å². The van der Waals surface area contributed by atoms with Crippen LogP contribution in [0.3, 0.4) is 0 Å². The van der Waals surface area contributed by atoms with Crippen LogP contribution in [0.1, 0.15) is 23.6 Å². The third kappa shape index (κ3) is 3.50. The third-order valence-corrected chi connectivity index (χ3v) is 5.10. The van der Waals surface area contributed by atoms with E-state index in [2.05, 4.69) is 5.32 Å². The van der Waals surface area contributed by atoms with Crippen molar-refractivity contribution in [1.82, 2.24) is 5.32 Å². The number of thiocarbonyl (C=S) groups is 1. The minimum atomic E-state index is -0.563. The van der Waals surface area contributed by atoms with E-state index in [9.17, 15) is 9.59 Å². The molecule has 0 unspecified atom stereocenters. The summed E-state index contributed by atoms with van der Waals surface area (Å²) >= 11 is 5.30. The molecule has 0 aromatic heterocycles. The Balaban J connectivity index is 1.79. The maximum Gasteiger partial charge on any atom is 0.270 e. The van der Waals surface area contributed by atoms with Crippen LogP contribution in [0.15, 0.2) is 35.9 Å². The van der Waals surface area contributed by atoms with E-state index < -0.39 is 11.8 Å². The van der Waals surface area contributed by atoms with Crippen molar-refractivity contribution < 1.29 is 23.8 Å². The number of fused-ring (bicyclic) bond motifs is 1. The molecule has 8 heteroatoms. The zero-order valence-corrected chi connectivity index (χ0v) is 17.6. The standard InChI is InChI=1S/C22H20N2O5S/c1-4-27-17-10-19-18(28-11-29-19)9-14(17)8-15-20(25)23-22(30)24(21(15)26)16-7-12(2)5-6-13(16)3/h5-10H,4,11H2,1-3H3,(H,23,25,30)/b15-8+. The predicted molar refractivity (Wildman–Crippen MR) is 116 cm³/mol. The predicted octanol–water partition coefficient (Wildman–Crippen LogP) is 3.26. The zero-order valence-electron chi connectivity index (χ0n) is 16.8. The highest BCUT2D eigenvalue weighted by Gasteiger charge is 2.35. The first-order chi connectivity index (χ1) is 14.4. The Hall–Kier alpha value is -3.39. The van der Waals surface area contributed by atoms with Crippen molar-refractivity contribution in [2.45, 2.75) is 20.8 Å². The highest BCUT2D eigenvalue weighted by molar-refractivity contribution is 7.80. The van der Waals surface area contributed by atoms with Gasteiger partial charge in [-0.3, -0.25) is 19.8 Å². The van der Waals surface area contributed by atoms with Gasteiger partial charge in [0.05, 0.1) is 12.3 Å². The Labute approximate surface area is 179 Å². The smallest absolute Gasteiger partial charge is 0.270 e. The fourth-order valence-corrected chi connectivity index (χ4v) is 3.60. The zero-order chi connectivity index (χ0) is 21.4. The molecular formula is C22H20N2O5S. The lowest BCUT2D eigenvalue weighted by Crippen LogP contribution is -2.54. The van der Waals surface area contributed by atoms with Crippen molar-refractivity contribution in [2.24, 2.45) is 0 Å². The Morgan fingerprint density at radius 3 is 2.63 bits per heavy atom. The van der Waals surface area contributed by atoms with Gasteiger partial charge in [-0.25, -0.2) is 0 Å². The number of nitrogens with one attached hydrogen (secondary N) is 1. The summed E-state index contributed by atoms with van der Waals surface area (Å²) in [5.41, 5.74) is 2.96. The minimum absolute atomic E-state index is 0.0477. The van der Waals surface area contributed by atoms with E-state index in [1.54, 1.807) is 12.1 Å². The second-order valence-electron chi connectivity index (χ2n) is 6.92. The number of amides is 2. The molecule has 0 spiro atoms. The first kappa shape index (κ1) is 19.9. The molecule has 2 aromatic carbocycles. The number of carbonyl (C=O) groups excluding carboxylic acids is 2. The lowest BCUT2D eigenvalue weighted by Gasteiger charge is -2.30. The summed E-state index contributed by atoms with van der Waals surface area (Å²) in [6, 6.07) is 9.10. The molecule has 30 heavy (non-hydrogen) atoms. The third-order valence-electron chi connectivity index (χ3n) is 4.81. The monoisotopic (exact) mass is 424 g/mol. The summed E-state index contributed by atoms with van der Waals surface area (Å²) in [7, 11) is 0. The molecule has 0 saturated carbocycles. The second kappa shape index (κ2) is 7.79. The van der Waals surface area contributed by atoms with E-state index in [0.717, 1.165) is 11.1 Å². The van der Waals surface area contributed by atoms with Gasteiger partial charge in [-0.05, 0) is 62.3 Å². The van der Waals surface area contributed by atoms with Crippen molar-refractivity contribution in [2.75, 3.05) is 18.3 Å². The number of nitrogens with zero attached hydrogens (tertiary/aromatic N) is 1. The Morgan fingerprint density at radius 2 is 1.90 bits per heavy atom. The summed E-state index contributed by atoms with van der Waals surface area (Å²) < 4.78 is 16.5. The molecule has 1 fully saturated rings. The van der Waals surface area contributed by atoms with Crippen LogP contribution in [-0.2, 0) is 9.59 Å². The molecule has 2 amide bonds. The summed E-state index contributed by atoms with van der Waals surface area (Å²) in [6.45, 7) is 6.18. The summed E-state index contributed by atoms with van der Waals surface area (Å²) in [5.74, 6) is 0.500. The summed E-state index contributed by atoms with van der Waals surface area (Å²) in [4.78, 5) is 27.3. The maximum atomic E-state index is 13.3. The van der Waals surface area contributed by atoms with Crippen molar-refractivity contribution in [1.29, 1.82) is 0 Å².